The summed E-state index contributed by atoms with van der Waals surface area (Å²) in [7, 11) is 1.46. The summed E-state index contributed by atoms with van der Waals surface area (Å²) < 4.78 is 4.74. The smallest absolute Gasteiger partial charge is 0.550 e. The average molecular weight is 190 g/mol. The van der Waals surface area contributed by atoms with Crippen LogP contribution in [0.5, 0.6) is 5.88 Å². The van der Waals surface area contributed by atoms with Crippen molar-refractivity contribution in [3.8, 4) is 5.88 Å². The van der Waals surface area contributed by atoms with Gasteiger partial charge in [0.2, 0.25) is 5.88 Å². The SMILES string of the molecule is COc1ccc(CC(=O)[O-])nn1.[Na+]. The van der Waals surface area contributed by atoms with Crippen LogP contribution in [0.4, 0.5) is 0 Å². The van der Waals surface area contributed by atoms with Gasteiger partial charge in [0.1, 0.15) is 0 Å². The van der Waals surface area contributed by atoms with Crippen LogP contribution < -0.4 is 39.4 Å². The summed E-state index contributed by atoms with van der Waals surface area (Å²) in [5, 5.41) is 17.3. The average Bonchev–Trinajstić information content (AvgIpc) is 2.05. The fourth-order valence-electron chi connectivity index (χ4n) is 0.699. The molecule has 1 aromatic heterocycles. The Bertz CT molecular complexity index is 276. The minimum atomic E-state index is -1.17. The van der Waals surface area contributed by atoms with Gasteiger partial charge in [-0.05, 0) is 6.07 Å². The maximum Gasteiger partial charge on any atom is 1.00 e. The number of rotatable bonds is 3. The van der Waals surface area contributed by atoms with Crippen LogP contribution in [0.3, 0.4) is 0 Å². The van der Waals surface area contributed by atoms with E-state index in [2.05, 4.69) is 10.2 Å². The number of nitrogens with zero attached hydrogens (tertiary/aromatic N) is 2. The quantitative estimate of drug-likeness (QED) is 0.451. The Morgan fingerprint density at radius 1 is 1.54 bits per heavy atom. The molecule has 6 heteroatoms. The maximum absolute atomic E-state index is 10.1. The maximum atomic E-state index is 10.1. The van der Waals surface area contributed by atoms with Crippen LogP contribution in [0, 0.1) is 0 Å². The predicted octanol–water partition coefficient (Wildman–Crippen LogP) is -4.22. The Balaban J connectivity index is 0.00000144. The summed E-state index contributed by atoms with van der Waals surface area (Å²) in [5.74, 6) is -0.813. The molecule has 0 aromatic carbocycles. The number of hydrogen-bond donors (Lipinski definition) is 0. The van der Waals surface area contributed by atoms with Gasteiger partial charge >= 0.3 is 29.6 Å². The van der Waals surface area contributed by atoms with Crippen molar-refractivity contribution in [2.75, 3.05) is 7.11 Å². The van der Waals surface area contributed by atoms with Gasteiger partial charge in [-0.25, -0.2) is 0 Å². The molecule has 0 amide bonds. The fourth-order valence-corrected chi connectivity index (χ4v) is 0.699. The first-order valence-electron chi connectivity index (χ1n) is 3.29. The first-order chi connectivity index (χ1) is 5.72. The second-order valence-corrected chi connectivity index (χ2v) is 2.12. The van der Waals surface area contributed by atoms with E-state index in [9.17, 15) is 9.90 Å². The monoisotopic (exact) mass is 190 g/mol. The molecule has 0 N–H and O–H groups in total. The Morgan fingerprint density at radius 3 is 2.62 bits per heavy atom. The number of carboxylic acid groups (broad SMARTS) is 1. The molecular formula is C7H7N2NaO3. The van der Waals surface area contributed by atoms with Crippen LogP contribution >= 0.6 is 0 Å². The summed E-state index contributed by atoms with van der Waals surface area (Å²) in [6.07, 6.45) is -0.225. The van der Waals surface area contributed by atoms with Crippen molar-refractivity contribution >= 4 is 5.97 Å². The minimum absolute atomic E-state index is 0. The molecule has 1 rings (SSSR count). The van der Waals surface area contributed by atoms with E-state index in [0.717, 1.165) is 0 Å². The van der Waals surface area contributed by atoms with Crippen molar-refractivity contribution in [2.45, 2.75) is 6.42 Å². The zero-order valence-corrected chi connectivity index (χ0v) is 9.48. The van der Waals surface area contributed by atoms with Crippen LogP contribution in [-0.2, 0) is 11.2 Å². The van der Waals surface area contributed by atoms with Gasteiger partial charge < -0.3 is 14.6 Å². The third-order valence-electron chi connectivity index (χ3n) is 1.23. The molecule has 0 atom stereocenters. The summed E-state index contributed by atoms with van der Waals surface area (Å²) in [6.45, 7) is 0. The van der Waals surface area contributed by atoms with E-state index in [1.165, 1.54) is 13.2 Å². The topological polar surface area (TPSA) is 75.1 Å². The van der Waals surface area contributed by atoms with Gasteiger partial charge in [-0.3, -0.25) is 0 Å². The van der Waals surface area contributed by atoms with Crippen LogP contribution in [0.25, 0.3) is 0 Å². The summed E-state index contributed by atoms with van der Waals surface area (Å²) in [4.78, 5) is 10.1. The number of aromatic nitrogens is 2. The molecule has 0 aliphatic carbocycles. The summed E-state index contributed by atoms with van der Waals surface area (Å²) in [6, 6.07) is 3.08. The normalized spacial score (nSPS) is 8.69. The number of aliphatic carboxylic acids is 1. The van der Waals surface area contributed by atoms with Crippen LogP contribution in [0.1, 0.15) is 5.69 Å². The Hall–Kier alpha value is -0.650. The van der Waals surface area contributed by atoms with Crippen molar-refractivity contribution in [1.82, 2.24) is 10.2 Å². The molecule has 0 aliphatic heterocycles. The molecule has 0 radical (unpaired) electrons. The van der Waals surface area contributed by atoms with Crippen molar-refractivity contribution in [3.05, 3.63) is 17.8 Å². The van der Waals surface area contributed by atoms with Gasteiger partial charge in [0.15, 0.2) is 0 Å². The van der Waals surface area contributed by atoms with E-state index in [4.69, 9.17) is 4.74 Å². The summed E-state index contributed by atoms with van der Waals surface area (Å²) >= 11 is 0. The second-order valence-electron chi connectivity index (χ2n) is 2.12. The summed E-state index contributed by atoms with van der Waals surface area (Å²) in [5.41, 5.74) is 0.357. The van der Waals surface area contributed by atoms with Gasteiger partial charge in [0.25, 0.3) is 0 Å². The Kier molecular flexibility index (Phi) is 5.61. The number of ether oxygens (including phenoxy) is 1. The van der Waals surface area contributed by atoms with E-state index >= 15 is 0 Å². The fraction of sp³-hybridized carbons (Fsp3) is 0.286. The number of carbonyl (C=O) groups is 1. The van der Waals surface area contributed by atoms with Crippen LogP contribution in [0.2, 0.25) is 0 Å². The van der Waals surface area contributed by atoms with Gasteiger partial charge in [0.05, 0.1) is 12.8 Å². The second kappa shape index (κ2) is 5.90. The molecule has 0 bridgehead atoms. The Morgan fingerprint density at radius 2 is 2.23 bits per heavy atom. The van der Waals surface area contributed by atoms with E-state index in [1.807, 2.05) is 0 Å². The van der Waals surface area contributed by atoms with Crippen LogP contribution in [0.15, 0.2) is 12.1 Å². The largest absolute Gasteiger partial charge is 1.00 e. The van der Waals surface area contributed by atoms with Crippen molar-refractivity contribution in [2.24, 2.45) is 0 Å². The van der Waals surface area contributed by atoms with Crippen LogP contribution in [-0.4, -0.2) is 23.3 Å². The van der Waals surface area contributed by atoms with E-state index in [0.29, 0.717) is 11.6 Å². The zero-order valence-electron chi connectivity index (χ0n) is 7.48. The molecule has 64 valence electrons. The third-order valence-corrected chi connectivity index (χ3v) is 1.23. The predicted molar refractivity (Wildman–Crippen MR) is 37.3 cm³/mol. The van der Waals surface area contributed by atoms with E-state index < -0.39 is 5.97 Å². The number of hydrogen-bond acceptors (Lipinski definition) is 5. The van der Waals surface area contributed by atoms with E-state index in [-0.39, 0.29) is 36.0 Å². The number of carboxylic acids is 1. The van der Waals surface area contributed by atoms with Gasteiger partial charge in [-0.2, -0.15) is 5.10 Å². The molecule has 0 fully saturated rings. The van der Waals surface area contributed by atoms with Crippen molar-refractivity contribution in [1.29, 1.82) is 0 Å². The minimum Gasteiger partial charge on any atom is -0.550 e. The van der Waals surface area contributed by atoms with E-state index in [1.54, 1.807) is 6.07 Å². The van der Waals surface area contributed by atoms with Gasteiger partial charge in [-0.15, -0.1) is 5.10 Å². The molecule has 5 nitrogen and oxygen atoms in total. The third kappa shape index (κ3) is 4.21. The zero-order chi connectivity index (χ0) is 8.97. The number of methoxy groups -OCH3 is 1. The first kappa shape index (κ1) is 12.3. The van der Waals surface area contributed by atoms with Gasteiger partial charge in [0, 0.05) is 18.5 Å². The Labute approximate surface area is 97.4 Å². The molecule has 0 spiro atoms. The first-order valence-corrected chi connectivity index (χ1v) is 3.29. The number of carbonyl (C=O) groups excluding carboxylic acids is 1. The molecule has 0 saturated carbocycles. The standard InChI is InChI=1S/C7H8N2O3.Na/c1-12-6-3-2-5(8-9-6)4-7(10)11;/h2-3H,4H2,1H3,(H,10,11);/q;+1/p-1. The molecule has 1 aromatic rings. The molecule has 1 heterocycles. The van der Waals surface area contributed by atoms with Gasteiger partial charge in [-0.1, -0.05) is 0 Å². The molecular weight excluding hydrogens is 183 g/mol. The molecule has 0 aliphatic rings. The van der Waals surface area contributed by atoms with Crippen molar-refractivity contribution < 1.29 is 44.2 Å². The molecule has 0 saturated heterocycles. The van der Waals surface area contributed by atoms with Crippen molar-refractivity contribution in [3.63, 3.8) is 0 Å². The molecule has 0 unspecified atom stereocenters. The molecule has 13 heavy (non-hydrogen) atoms.